The van der Waals surface area contributed by atoms with Gasteiger partial charge in [-0.2, -0.15) is 0 Å². The average molecular weight is 442 g/mol. The number of methoxy groups -OCH3 is 1. The number of hydrogen-bond donors (Lipinski definition) is 0. The highest BCUT2D eigenvalue weighted by Gasteiger charge is 2.32. The largest absolute Gasteiger partial charge is 0.459 e. The molecule has 0 saturated heterocycles. The minimum atomic E-state index is -0.859. The third-order valence-corrected chi connectivity index (χ3v) is 5.53. The second kappa shape index (κ2) is 11.1. The molecule has 1 amide bonds. The zero-order valence-electron chi connectivity index (χ0n) is 20.0. The van der Waals surface area contributed by atoms with Crippen molar-refractivity contribution in [3.05, 3.63) is 71.3 Å². The van der Waals surface area contributed by atoms with Crippen molar-refractivity contribution in [3.63, 3.8) is 0 Å². The summed E-state index contributed by atoms with van der Waals surface area (Å²) in [4.78, 5) is 26.6. The third kappa shape index (κ3) is 7.68. The van der Waals surface area contributed by atoms with Crippen LogP contribution in [0.15, 0.2) is 54.6 Å². The molecule has 0 fully saturated rings. The van der Waals surface area contributed by atoms with Crippen LogP contribution < -0.4 is 0 Å². The lowest BCUT2D eigenvalue weighted by Crippen LogP contribution is -2.48. The molecule has 32 heavy (non-hydrogen) atoms. The van der Waals surface area contributed by atoms with Gasteiger partial charge in [-0.05, 0) is 50.8 Å². The van der Waals surface area contributed by atoms with E-state index in [-0.39, 0.29) is 19.0 Å². The number of nitrogens with zero attached hydrogens (tertiary/aromatic N) is 1. The Hall–Kier alpha value is -2.86. The van der Waals surface area contributed by atoms with E-state index in [1.807, 2.05) is 89.2 Å². The molecule has 0 atom stereocenters. The van der Waals surface area contributed by atoms with Gasteiger partial charge in [-0.3, -0.25) is 9.69 Å². The van der Waals surface area contributed by atoms with E-state index in [1.165, 1.54) is 0 Å². The van der Waals surface area contributed by atoms with E-state index < -0.39 is 17.4 Å². The monoisotopic (exact) mass is 441 g/mol. The van der Waals surface area contributed by atoms with E-state index in [0.29, 0.717) is 6.54 Å². The molecule has 0 N–H and O–H groups in total. The normalized spacial score (nSPS) is 11.7. The van der Waals surface area contributed by atoms with Gasteiger partial charge in [0.25, 0.3) is 0 Å². The molecule has 174 valence electrons. The maximum Gasteiger partial charge on any atom is 0.412 e. The Morgan fingerprint density at radius 2 is 1.47 bits per heavy atom. The highest BCUT2D eigenvalue weighted by Crippen LogP contribution is 2.21. The summed E-state index contributed by atoms with van der Waals surface area (Å²) in [7, 11) is 1.56. The minimum absolute atomic E-state index is 0.186. The lowest BCUT2D eigenvalue weighted by molar-refractivity contribution is -0.155. The Balaban J connectivity index is 2.04. The van der Waals surface area contributed by atoms with Gasteiger partial charge >= 0.3 is 12.1 Å². The number of carbonyl (C=O) groups is 2. The van der Waals surface area contributed by atoms with Crippen molar-refractivity contribution < 1.29 is 23.8 Å². The summed E-state index contributed by atoms with van der Waals surface area (Å²) in [5, 5.41) is 0. The average Bonchev–Trinajstić information content (AvgIpc) is 2.77. The second-order valence-electron chi connectivity index (χ2n) is 8.86. The van der Waals surface area contributed by atoms with Crippen molar-refractivity contribution in [2.24, 2.45) is 0 Å². The zero-order valence-corrected chi connectivity index (χ0v) is 20.0. The number of rotatable bonds is 10. The van der Waals surface area contributed by atoms with Crippen molar-refractivity contribution in [1.29, 1.82) is 0 Å². The van der Waals surface area contributed by atoms with Crippen molar-refractivity contribution in [2.75, 3.05) is 7.11 Å². The van der Waals surface area contributed by atoms with Gasteiger partial charge in [-0.15, -0.1) is 0 Å². The van der Waals surface area contributed by atoms with Crippen molar-refractivity contribution in [1.82, 2.24) is 4.90 Å². The molecule has 0 heterocycles. The third-order valence-electron chi connectivity index (χ3n) is 5.53. The van der Waals surface area contributed by atoms with Gasteiger partial charge in [0, 0.05) is 7.11 Å². The highest BCUT2D eigenvalue weighted by molar-refractivity contribution is 5.73. The Morgan fingerprint density at radius 1 is 0.875 bits per heavy atom. The summed E-state index contributed by atoms with van der Waals surface area (Å²) in [5.74, 6) is -0.253. The molecule has 6 heteroatoms. The fraction of sp³-hybridized carbons (Fsp3) is 0.462. The molecule has 0 bridgehead atoms. The fourth-order valence-electron chi connectivity index (χ4n) is 2.91. The van der Waals surface area contributed by atoms with E-state index in [2.05, 4.69) is 0 Å². The van der Waals surface area contributed by atoms with Crippen LogP contribution in [-0.2, 0) is 38.6 Å². The summed E-state index contributed by atoms with van der Waals surface area (Å²) in [5.41, 5.74) is 1.34. The second-order valence-corrected chi connectivity index (χ2v) is 8.86. The minimum Gasteiger partial charge on any atom is -0.459 e. The van der Waals surface area contributed by atoms with E-state index in [4.69, 9.17) is 14.2 Å². The first-order valence-electron chi connectivity index (χ1n) is 10.9. The molecule has 0 unspecified atom stereocenters. The molecule has 0 aliphatic carbocycles. The number of hydrogen-bond acceptors (Lipinski definition) is 5. The molecule has 0 saturated carbocycles. The predicted molar refractivity (Wildman–Crippen MR) is 124 cm³/mol. The van der Waals surface area contributed by atoms with Gasteiger partial charge in [-0.25, -0.2) is 4.79 Å². The van der Waals surface area contributed by atoms with Crippen LogP contribution in [0.2, 0.25) is 0 Å². The predicted octanol–water partition coefficient (Wildman–Crippen LogP) is 5.48. The van der Waals surface area contributed by atoms with E-state index >= 15 is 0 Å². The first-order chi connectivity index (χ1) is 15.1. The summed E-state index contributed by atoms with van der Waals surface area (Å²) >= 11 is 0. The maximum absolute atomic E-state index is 12.9. The van der Waals surface area contributed by atoms with Gasteiger partial charge < -0.3 is 14.2 Å². The topological polar surface area (TPSA) is 65.1 Å². The first kappa shape index (κ1) is 25.4. The summed E-state index contributed by atoms with van der Waals surface area (Å²) in [6.07, 6.45) is 0.495. The highest BCUT2D eigenvalue weighted by atomic mass is 16.6. The van der Waals surface area contributed by atoms with Gasteiger partial charge in [0.2, 0.25) is 0 Å². The molecule has 0 spiro atoms. The zero-order chi connectivity index (χ0) is 23.8. The quantitative estimate of drug-likeness (QED) is 0.361. The fourth-order valence-corrected chi connectivity index (χ4v) is 2.91. The lowest BCUT2D eigenvalue weighted by atomic mass is 10.1. The molecular formula is C26H35NO5. The Labute approximate surface area is 191 Å². The van der Waals surface area contributed by atoms with E-state index in [0.717, 1.165) is 23.1 Å². The van der Waals surface area contributed by atoms with Crippen LogP contribution in [-0.4, -0.2) is 35.4 Å². The van der Waals surface area contributed by atoms with Crippen molar-refractivity contribution in [3.8, 4) is 0 Å². The Bertz CT molecular complexity index is 875. The first-order valence-corrected chi connectivity index (χ1v) is 10.9. The molecule has 2 aromatic rings. The molecule has 2 rings (SSSR count). The number of ether oxygens (including phenoxy) is 3. The van der Waals surface area contributed by atoms with Crippen LogP contribution in [0, 0.1) is 0 Å². The standard InChI is InChI=1S/C26H35NO5/c1-7-25(2,3)32-23(28)17-20-13-15-21(16-14-20)18-27(26(4,5)30-6)24(29)31-19-22-11-9-8-10-12-22/h8-16H,7,17-19H2,1-6H3. The van der Waals surface area contributed by atoms with E-state index in [1.54, 1.807) is 12.0 Å². The molecule has 0 aliphatic rings. The summed E-state index contributed by atoms with van der Waals surface area (Å²) < 4.78 is 16.6. The number of amides is 1. The number of benzene rings is 2. The summed E-state index contributed by atoms with van der Waals surface area (Å²) in [6, 6.07) is 17.1. The van der Waals surface area contributed by atoms with Gasteiger partial charge in [0.05, 0.1) is 13.0 Å². The van der Waals surface area contributed by atoms with Crippen LogP contribution in [0.5, 0.6) is 0 Å². The van der Waals surface area contributed by atoms with Crippen LogP contribution >= 0.6 is 0 Å². The van der Waals surface area contributed by atoms with Gasteiger partial charge in [0.15, 0.2) is 0 Å². The van der Waals surface area contributed by atoms with E-state index in [9.17, 15) is 9.59 Å². The molecule has 0 aliphatic heterocycles. The van der Waals surface area contributed by atoms with Gasteiger partial charge in [0.1, 0.15) is 17.9 Å². The summed E-state index contributed by atoms with van der Waals surface area (Å²) in [6.45, 7) is 9.91. The SMILES string of the molecule is CCC(C)(C)OC(=O)Cc1ccc(CN(C(=O)OCc2ccccc2)C(C)(C)OC)cc1. The molecule has 0 radical (unpaired) electrons. The Morgan fingerprint density at radius 3 is 2.03 bits per heavy atom. The molecule has 6 nitrogen and oxygen atoms in total. The molecule has 2 aromatic carbocycles. The van der Waals surface area contributed by atoms with Crippen LogP contribution in [0.4, 0.5) is 4.79 Å². The smallest absolute Gasteiger partial charge is 0.412 e. The maximum atomic E-state index is 12.9. The number of carbonyl (C=O) groups excluding carboxylic acids is 2. The molecular weight excluding hydrogens is 406 g/mol. The van der Waals surface area contributed by atoms with Gasteiger partial charge in [-0.1, -0.05) is 61.5 Å². The van der Waals surface area contributed by atoms with Crippen LogP contribution in [0.1, 0.15) is 57.7 Å². The van der Waals surface area contributed by atoms with Crippen LogP contribution in [0.25, 0.3) is 0 Å². The Kier molecular flexibility index (Phi) is 8.84. The van der Waals surface area contributed by atoms with Crippen molar-refractivity contribution >= 4 is 12.1 Å². The lowest BCUT2D eigenvalue weighted by Gasteiger charge is -2.36. The van der Waals surface area contributed by atoms with Crippen LogP contribution in [0.3, 0.4) is 0 Å². The number of esters is 1. The molecule has 0 aromatic heterocycles. The van der Waals surface area contributed by atoms with Crippen molar-refractivity contribution in [2.45, 2.75) is 71.9 Å².